The first kappa shape index (κ1) is 20.8. The average Bonchev–Trinajstić information content (AvgIpc) is 3.51. The van der Waals surface area contributed by atoms with E-state index in [-0.39, 0.29) is 23.6 Å². The summed E-state index contributed by atoms with van der Waals surface area (Å²) in [4.78, 5) is 36.8. The van der Waals surface area contributed by atoms with Crippen molar-refractivity contribution < 1.29 is 31.9 Å². The van der Waals surface area contributed by atoms with Crippen LogP contribution < -0.4 is 16.0 Å². The van der Waals surface area contributed by atoms with E-state index in [1.54, 1.807) is 0 Å². The van der Waals surface area contributed by atoms with Crippen LogP contribution >= 0.6 is 0 Å². The summed E-state index contributed by atoms with van der Waals surface area (Å²) in [6, 6.07) is 6.86. The molecule has 3 N–H and O–H groups in total. The maximum Gasteiger partial charge on any atom is 0.416 e. The molecule has 1 saturated carbocycles. The predicted octanol–water partition coefficient (Wildman–Crippen LogP) is 3.23. The zero-order valence-electron chi connectivity index (χ0n) is 16.0. The van der Waals surface area contributed by atoms with Gasteiger partial charge in [0, 0.05) is 0 Å². The summed E-state index contributed by atoms with van der Waals surface area (Å²) in [7, 11) is 0. The molecular weight excluding hydrogens is 418 g/mol. The van der Waals surface area contributed by atoms with Crippen LogP contribution in [0.15, 0.2) is 42.5 Å². The van der Waals surface area contributed by atoms with E-state index in [4.69, 9.17) is 0 Å². The lowest BCUT2D eigenvalue weighted by atomic mass is 9.92. The van der Waals surface area contributed by atoms with Crippen molar-refractivity contribution in [1.29, 1.82) is 0 Å². The Kier molecular flexibility index (Phi) is 4.95. The van der Waals surface area contributed by atoms with Crippen LogP contribution in [0.4, 0.5) is 22.4 Å². The van der Waals surface area contributed by atoms with Gasteiger partial charge in [-0.2, -0.15) is 13.2 Å². The number of benzene rings is 2. The summed E-state index contributed by atoms with van der Waals surface area (Å²) in [5.41, 5.74) is -1.70. The molecule has 0 unspecified atom stereocenters. The molecule has 4 rings (SSSR count). The van der Waals surface area contributed by atoms with Gasteiger partial charge in [-0.3, -0.25) is 14.9 Å². The molecule has 2 aromatic rings. The van der Waals surface area contributed by atoms with Crippen molar-refractivity contribution in [3.63, 3.8) is 0 Å². The van der Waals surface area contributed by atoms with Crippen LogP contribution in [0.2, 0.25) is 0 Å². The van der Waals surface area contributed by atoms with Gasteiger partial charge in [0.1, 0.15) is 11.4 Å². The molecule has 0 radical (unpaired) electrons. The highest BCUT2D eigenvalue weighted by molar-refractivity contribution is 6.08. The molecule has 2 fully saturated rings. The van der Waals surface area contributed by atoms with Crippen LogP contribution in [0.1, 0.15) is 28.8 Å². The first-order chi connectivity index (χ1) is 14.6. The number of imide groups is 1. The van der Waals surface area contributed by atoms with Gasteiger partial charge < -0.3 is 10.6 Å². The van der Waals surface area contributed by atoms with E-state index in [2.05, 4.69) is 16.0 Å². The summed E-state index contributed by atoms with van der Waals surface area (Å²) >= 11 is 0. The maximum atomic E-state index is 13.9. The van der Waals surface area contributed by atoms with E-state index in [0.29, 0.717) is 18.4 Å². The second-order valence-corrected chi connectivity index (χ2v) is 7.60. The van der Waals surface area contributed by atoms with Crippen molar-refractivity contribution >= 4 is 17.8 Å². The zero-order chi connectivity index (χ0) is 22.4. The number of hydrogen-bond acceptors (Lipinski definition) is 3. The molecule has 10 heteroatoms. The van der Waals surface area contributed by atoms with Gasteiger partial charge in [0.25, 0.3) is 11.8 Å². The molecule has 1 aliphatic heterocycles. The van der Waals surface area contributed by atoms with Crippen molar-refractivity contribution in [3.8, 4) is 11.1 Å². The van der Waals surface area contributed by atoms with E-state index in [9.17, 15) is 31.9 Å². The molecule has 4 amide bonds. The maximum absolute atomic E-state index is 13.9. The Bertz CT molecular complexity index is 1060. The van der Waals surface area contributed by atoms with Crippen LogP contribution in [0.25, 0.3) is 11.1 Å². The van der Waals surface area contributed by atoms with Gasteiger partial charge in [0.15, 0.2) is 0 Å². The molecule has 0 aromatic heterocycles. The number of nitrogens with one attached hydrogen (secondary N) is 3. The minimum atomic E-state index is -4.51. The highest BCUT2D eigenvalue weighted by Crippen LogP contribution is 2.41. The molecule has 31 heavy (non-hydrogen) atoms. The van der Waals surface area contributed by atoms with E-state index in [1.807, 2.05) is 0 Å². The number of carbonyl (C=O) groups excluding carboxylic acids is 3. The fourth-order valence-electron chi connectivity index (χ4n) is 3.75. The highest BCUT2D eigenvalue weighted by atomic mass is 19.4. The Morgan fingerprint density at radius 1 is 1.10 bits per heavy atom. The number of urea groups is 1. The largest absolute Gasteiger partial charge is 0.416 e. The van der Waals surface area contributed by atoms with Gasteiger partial charge >= 0.3 is 12.2 Å². The monoisotopic (exact) mass is 435 g/mol. The number of carbonyl (C=O) groups is 3. The second-order valence-electron chi connectivity index (χ2n) is 7.60. The Morgan fingerprint density at radius 2 is 1.77 bits per heavy atom. The Balaban J connectivity index is 1.59. The molecule has 1 heterocycles. The standard InChI is InChI=1S/C21H17F4N3O3/c22-14-7-8-15(11-1-3-13(4-2-11)21(23,24)25)16(9-14)17(29)26-10-20(12-5-6-12)18(30)27-19(31)28-20/h1-4,7-9,12H,5-6,10H2,(H,26,29)(H2,27,28,30,31)/t20-/m0/s1. The normalized spacial score (nSPS) is 20.9. The Labute approximate surface area is 174 Å². The SMILES string of the molecule is O=C1NC(=O)[C@](CNC(=O)c2cc(F)ccc2-c2ccc(C(F)(F)F)cc2)(C2CC2)N1. The van der Waals surface area contributed by atoms with Crippen LogP contribution in [-0.2, 0) is 11.0 Å². The lowest BCUT2D eigenvalue weighted by Crippen LogP contribution is -2.57. The number of halogens is 4. The summed E-state index contributed by atoms with van der Waals surface area (Å²) < 4.78 is 52.3. The van der Waals surface area contributed by atoms with Crippen molar-refractivity contribution in [1.82, 2.24) is 16.0 Å². The molecule has 0 spiro atoms. The third kappa shape index (κ3) is 3.97. The lowest BCUT2D eigenvalue weighted by Gasteiger charge is -2.26. The van der Waals surface area contributed by atoms with Crippen LogP contribution in [-0.4, -0.2) is 29.9 Å². The molecule has 1 aliphatic carbocycles. The van der Waals surface area contributed by atoms with Crippen LogP contribution in [0.3, 0.4) is 0 Å². The number of rotatable bonds is 5. The third-order valence-electron chi connectivity index (χ3n) is 5.52. The summed E-state index contributed by atoms with van der Waals surface area (Å²) in [5, 5.41) is 7.30. The van der Waals surface area contributed by atoms with Crippen LogP contribution in [0, 0.1) is 11.7 Å². The minimum Gasteiger partial charge on any atom is -0.349 e. The van der Waals surface area contributed by atoms with Crippen molar-refractivity contribution in [3.05, 3.63) is 59.4 Å². The molecule has 2 aromatic carbocycles. The second kappa shape index (κ2) is 7.36. The first-order valence-electron chi connectivity index (χ1n) is 9.49. The van der Waals surface area contributed by atoms with Crippen molar-refractivity contribution in [2.45, 2.75) is 24.6 Å². The molecule has 2 aliphatic rings. The molecule has 1 atom stereocenters. The summed E-state index contributed by atoms with van der Waals surface area (Å²) in [6.07, 6.45) is -3.09. The summed E-state index contributed by atoms with van der Waals surface area (Å²) in [6.45, 7) is -0.197. The van der Waals surface area contributed by atoms with Gasteiger partial charge in [-0.05, 0) is 54.2 Å². The molecule has 0 bridgehead atoms. The molecule has 6 nitrogen and oxygen atoms in total. The highest BCUT2D eigenvalue weighted by Gasteiger charge is 2.56. The van der Waals surface area contributed by atoms with E-state index in [0.717, 1.165) is 24.3 Å². The van der Waals surface area contributed by atoms with Gasteiger partial charge in [0.05, 0.1) is 17.7 Å². The number of alkyl halides is 3. The zero-order valence-corrected chi connectivity index (χ0v) is 16.0. The quantitative estimate of drug-likeness (QED) is 0.498. The fourth-order valence-corrected chi connectivity index (χ4v) is 3.75. The third-order valence-corrected chi connectivity index (χ3v) is 5.52. The van der Waals surface area contributed by atoms with Crippen molar-refractivity contribution in [2.24, 2.45) is 5.92 Å². The number of amides is 4. The summed E-state index contributed by atoms with van der Waals surface area (Å²) in [5.74, 6) is -2.09. The molecule has 162 valence electrons. The average molecular weight is 435 g/mol. The Morgan fingerprint density at radius 3 is 2.32 bits per heavy atom. The van der Waals surface area contributed by atoms with Gasteiger partial charge in [-0.1, -0.05) is 18.2 Å². The molecular formula is C21H17F4N3O3. The first-order valence-corrected chi connectivity index (χ1v) is 9.49. The van der Waals surface area contributed by atoms with E-state index < -0.39 is 40.9 Å². The van der Waals surface area contributed by atoms with Crippen molar-refractivity contribution in [2.75, 3.05) is 6.54 Å². The predicted molar refractivity (Wildman–Crippen MR) is 101 cm³/mol. The van der Waals surface area contributed by atoms with Gasteiger partial charge in [-0.15, -0.1) is 0 Å². The smallest absolute Gasteiger partial charge is 0.349 e. The van der Waals surface area contributed by atoms with E-state index in [1.165, 1.54) is 18.2 Å². The number of hydrogen-bond donors (Lipinski definition) is 3. The molecule has 1 saturated heterocycles. The van der Waals surface area contributed by atoms with E-state index >= 15 is 0 Å². The van der Waals surface area contributed by atoms with Gasteiger partial charge in [0.2, 0.25) is 0 Å². The topological polar surface area (TPSA) is 87.3 Å². The minimum absolute atomic E-state index is 0.101. The lowest BCUT2D eigenvalue weighted by molar-refractivity contribution is -0.137. The Hall–Kier alpha value is -3.43. The van der Waals surface area contributed by atoms with Crippen LogP contribution in [0.5, 0.6) is 0 Å². The fraction of sp³-hybridized carbons (Fsp3) is 0.286. The van der Waals surface area contributed by atoms with Gasteiger partial charge in [-0.25, -0.2) is 9.18 Å².